The van der Waals surface area contributed by atoms with Crippen LogP contribution in [0.4, 0.5) is 11.4 Å². The molecule has 1 aliphatic heterocycles. The van der Waals surface area contributed by atoms with E-state index in [2.05, 4.69) is 28.4 Å². The SMILES string of the molecule is O=C(Nc1ccc(N2CC[NH+](Cc3ccccc3Cl)CC2)cc1)c1ccco1. The number of amides is 1. The molecule has 0 aliphatic carbocycles. The van der Waals surface area contributed by atoms with E-state index in [1.54, 1.807) is 17.0 Å². The molecule has 2 heterocycles. The minimum Gasteiger partial charge on any atom is -0.459 e. The third-order valence-corrected chi connectivity index (χ3v) is 5.47. The molecule has 3 aromatic rings. The van der Waals surface area contributed by atoms with Crippen molar-refractivity contribution in [1.29, 1.82) is 0 Å². The Hall–Kier alpha value is -2.76. The van der Waals surface area contributed by atoms with E-state index in [-0.39, 0.29) is 5.91 Å². The van der Waals surface area contributed by atoms with Crippen molar-refractivity contribution in [3.05, 3.63) is 83.3 Å². The van der Waals surface area contributed by atoms with Crippen LogP contribution < -0.4 is 15.1 Å². The van der Waals surface area contributed by atoms with E-state index in [0.29, 0.717) is 5.76 Å². The van der Waals surface area contributed by atoms with E-state index in [1.165, 1.54) is 17.5 Å². The summed E-state index contributed by atoms with van der Waals surface area (Å²) in [5, 5.41) is 3.70. The summed E-state index contributed by atoms with van der Waals surface area (Å²) in [5.74, 6) is 0.0660. The first-order chi connectivity index (χ1) is 13.7. The van der Waals surface area contributed by atoms with E-state index < -0.39 is 0 Å². The van der Waals surface area contributed by atoms with Gasteiger partial charge in [-0.15, -0.1) is 0 Å². The average Bonchev–Trinajstić information content (AvgIpc) is 3.26. The van der Waals surface area contributed by atoms with Crippen molar-refractivity contribution in [3.8, 4) is 0 Å². The van der Waals surface area contributed by atoms with Gasteiger partial charge in [0, 0.05) is 22.0 Å². The zero-order valence-electron chi connectivity index (χ0n) is 15.5. The number of halogens is 1. The zero-order chi connectivity index (χ0) is 19.3. The average molecular weight is 397 g/mol. The molecule has 1 aliphatic rings. The Balaban J connectivity index is 1.31. The molecule has 0 spiro atoms. The molecule has 1 saturated heterocycles. The molecule has 2 aromatic carbocycles. The van der Waals surface area contributed by atoms with E-state index in [4.69, 9.17) is 16.0 Å². The predicted molar refractivity (Wildman–Crippen MR) is 111 cm³/mol. The van der Waals surface area contributed by atoms with Gasteiger partial charge in [-0.1, -0.05) is 29.8 Å². The first kappa shape index (κ1) is 18.6. The summed E-state index contributed by atoms with van der Waals surface area (Å²) >= 11 is 6.29. The highest BCUT2D eigenvalue weighted by atomic mass is 35.5. The lowest BCUT2D eigenvalue weighted by Crippen LogP contribution is -3.13. The highest BCUT2D eigenvalue weighted by Crippen LogP contribution is 2.19. The molecule has 0 unspecified atom stereocenters. The summed E-state index contributed by atoms with van der Waals surface area (Å²) in [4.78, 5) is 16.0. The van der Waals surface area contributed by atoms with Gasteiger partial charge in [0.1, 0.15) is 6.54 Å². The van der Waals surface area contributed by atoms with Gasteiger partial charge in [-0.25, -0.2) is 0 Å². The second-order valence-electron chi connectivity index (χ2n) is 6.98. The normalized spacial score (nSPS) is 14.8. The molecule has 0 radical (unpaired) electrons. The van der Waals surface area contributed by atoms with Crippen molar-refractivity contribution < 1.29 is 14.1 Å². The minimum atomic E-state index is -0.241. The van der Waals surface area contributed by atoms with Gasteiger partial charge in [-0.3, -0.25) is 4.79 Å². The van der Waals surface area contributed by atoms with Crippen LogP contribution in [-0.4, -0.2) is 32.1 Å². The summed E-state index contributed by atoms with van der Waals surface area (Å²) in [7, 11) is 0. The summed E-state index contributed by atoms with van der Waals surface area (Å²) in [6.45, 7) is 5.10. The third kappa shape index (κ3) is 4.38. The number of nitrogens with one attached hydrogen (secondary N) is 2. The van der Waals surface area contributed by atoms with Crippen LogP contribution in [0.25, 0.3) is 0 Å². The van der Waals surface area contributed by atoms with Gasteiger partial charge >= 0.3 is 0 Å². The Kier molecular flexibility index (Phi) is 5.65. The van der Waals surface area contributed by atoms with Crippen molar-refractivity contribution in [3.63, 3.8) is 0 Å². The Morgan fingerprint density at radius 2 is 1.79 bits per heavy atom. The Morgan fingerprint density at radius 3 is 2.46 bits per heavy atom. The molecule has 0 bridgehead atoms. The number of rotatable bonds is 5. The largest absolute Gasteiger partial charge is 0.459 e. The maximum absolute atomic E-state index is 12.0. The maximum atomic E-state index is 12.0. The number of hydrogen-bond acceptors (Lipinski definition) is 3. The first-order valence-corrected chi connectivity index (χ1v) is 9.84. The highest BCUT2D eigenvalue weighted by Gasteiger charge is 2.21. The zero-order valence-corrected chi connectivity index (χ0v) is 16.3. The van der Waals surface area contributed by atoms with E-state index in [9.17, 15) is 4.79 Å². The fraction of sp³-hybridized carbons (Fsp3) is 0.227. The topological polar surface area (TPSA) is 49.9 Å². The van der Waals surface area contributed by atoms with E-state index in [1.807, 2.05) is 30.3 Å². The van der Waals surface area contributed by atoms with Crippen LogP contribution in [0.15, 0.2) is 71.3 Å². The predicted octanol–water partition coefficient (Wildman–Crippen LogP) is 3.09. The van der Waals surface area contributed by atoms with Crippen LogP contribution in [0.5, 0.6) is 0 Å². The van der Waals surface area contributed by atoms with Gasteiger partial charge in [-0.2, -0.15) is 0 Å². The van der Waals surface area contributed by atoms with Gasteiger partial charge < -0.3 is 19.5 Å². The molecule has 4 rings (SSSR count). The van der Waals surface area contributed by atoms with Gasteiger partial charge in [0.2, 0.25) is 0 Å². The number of carbonyl (C=O) groups is 1. The Bertz CT molecular complexity index is 917. The summed E-state index contributed by atoms with van der Waals surface area (Å²) in [5.41, 5.74) is 3.14. The smallest absolute Gasteiger partial charge is 0.291 e. The first-order valence-electron chi connectivity index (χ1n) is 9.46. The minimum absolute atomic E-state index is 0.241. The van der Waals surface area contributed by atoms with Crippen molar-refractivity contribution in [2.45, 2.75) is 6.54 Å². The maximum Gasteiger partial charge on any atom is 0.291 e. The van der Waals surface area contributed by atoms with E-state index in [0.717, 1.165) is 43.4 Å². The van der Waals surface area contributed by atoms with Crippen LogP contribution in [0.2, 0.25) is 5.02 Å². The second kappa shape index (κ2) is 8.50. The summed E-state index contributed by atoms with van der Waals surface area (Å²) in [6, 6.07) is 19.4. The number of furan rings is 1. The van der Waals surface area contributed by atoms with Gasteiger partial charge in [0.25, 0.3) is 5.91 Å². The van der Waals surface area contributed by atoms with Crippen molar-refractivity contribution in [2.75, 3.05) is 36.4 Å². The molecule has 1 amide bonds. The number of nitrogens with zero attached hydrogens (tertiary/aromatic N) is 1. The van der Waals surface area contributed by atoms with E-state index >= 15 is 0 Å². The number of piperazine rings is 1. The molecule has 0 saturated carbocycles. The molecule has 5 nitrogen and oxygen atoms in total. The number of anilines is 2. The lowest BCUT2D eigenvalue weighted by atomic mass is 10.2. The molecule has 6 heteroatoms. The Labute approximate surface area is 169 Å². The summed E-state index contributed by atoms with van der Waals surface area (Å²) < 4.78 is 5.12. The molecular formula is C22H23ClN3O2+. The number of benzene rings is 2. The van der Waals surface area contributed by atoms with Crippen molar-refractivity contribution in [1.82, 2.24) is 0 Å². The molecular weight excluding hydrogens is 374 g/mol. The second-order valence-corrected chi connectivity index (χ2v) is 7.39. The van der Waals surface area contributed by atoms with Crippen molar-refractivity contribution >= 4 is 28.9 Å². The lowest BCUT2D eigenvalue weighted by molar-refractivity contribution is -0.914. The number of quaternary nitrogens is 1. The monoisotopic (exact) mass is 396 g/mol. The van der Waals surface area contributed by atoms with Crippen LogP contribution >= 0.6 is 11.6 Å². The Morgan fingerprint density at radius 1 is 1.04 bits per heavy atom. The van der Waals surface area contributed by atoms with Crippen LogP contribution in [0.3, 0.4) is 0 Å². The van der Waals surface area contributed by atoms with Gasteiger partial charge in [0.05, 0.1) is 32.4 Å². The van der Waals surface area contributed by atoms with Crippen LogP contribution in [0, 0.1) is 0 Å². The van der Waals surface area contributed by atoms with Gasteiger partial charge in [0.15, 0.2) is 5.76 Å². The quantitative estimate of drug-likeness (QED) is 0.696. The standard InChI is InChI=1S/C22H22ClN3O2/c23-20-5-2-1-4-17(20)16-25-11-13-26(14-12-25)19-9-7-18(8-10-19)24-22(27)21-6-3-15-28-21/h1-10,15H,11-14,16H2,(H,24,27)/p+1. The summed E-state index contributed by atoms with van der Waals surface area (Å²) in [6.07, 6.45) is 1.49. The molecule has 28 heavy (non-hydrogen) atoms. The number of hydrogen-bond donors (Lipinski definition) is 2. The van der Waals surface area contributed by atoms with Crippen LogP contribution in [-0.2, 0) is 6.54 Å². The van der Waals surface area contributed by atoms with Crippen molar-refractivity contribution in [2.24, 2.45) is 0 Å². The molecule has 0 atom stereocenters. The third-order valence-electron chi connectivity index (χ3n) is 5.10. The van der Waals surface area contributed by atoms with Gasteiger partial charge in [-0.05, 0) is 42.5 Å². The molecule has 1 fully saturated rings. The van der Waals surface area contributed by atoms with Crippen LogP contribution in [0.1, 0.15) is 16.1 Å². The fourth-order valence-corrected chi connectivity index (χ4v) is 3.73. The lowest BCUT2D eigenvalue weighted by Gasteiger charge is -2.34. The molecule has 2 N–H and O–H groups in total. The molecule has 144 valence electrons. The number of carbonyl (C=O) groups excluding carboxylic acids is 1. The fourth-order valence-electron chi connectivity index (χ4n) is 3.53. The molecule has 1 aromatic heterocycles. The highest BCUT2D eigenvalue weighted by molar-refractivity contribution is 6.31.